The topological polar surface area (TPSA) is 87.1 Å². The van der Waals surface area contributed by atoms with E-state index in [2.05, 4.69) is 15.9 Å². The molecule has 0 spiro atoms. The number of rotatable bonds is 3. The lowest BCUT2D eigenvalue weighted by Crippen LogP contribution is -2.45. The average molecular weight is 344 g/mol. The van der Waals surface area contributed by atoms with E-state index in [0.717, 1.165) is 14.9 Å². The predicted molar refractivity (Wildman–Crippen MR) is 72.8 cm³/mol. The van der Waals surface area contributed by atoms with E-state index in [-0.39, 0.29) is 19.4 Å². The first-order valence-corrected chi connectivity index (χ1v) is 6.88. The van der Waals surface area contributed by atoms with E-state index in [1.807, 2.05) is 12.1 Å². The van der Waals surface area contributed by atoms with Crippen LogP contribution in [0.2, 0.25) is 0 Å². The molecule has 0 bridgehead atoms. The van der Waals surface area contributed by atoms with Gasteiger partial charge in [0, 0.05) is 4.47 Å². The van der Waals surface area contributed by atoms with E-state index < -0.39 is 24.3 Å². The highest BCUT2D eigenvalue weighted by molar-refractivity contribution is 9.10. The number of ether oxygens (including phenoxy) is 1. The van der Waals surface area contributed by atoms with Gasteiger partial charge in [0.2, 0.25) is 0 Å². The molecule has 1 fully saturated rings. The number of carboxylic acid groups (broad SMARTS) is 1. The molecule has 6 nitrogen and oxygen atoms in total. The second-order valence-electron chi connectivity index (χ2n) is 4.50. The number of carbonyl (C=O) groups is 2. The molecule has 1 aromatic carbocycles. The molecule has 20 heavy (non-hydrogen) atoms. The highest BCUT2D eigenvalue weighted by Gasteiger charge is 2.41. The number of benzene rings is 1. The lowest BCUT2D eigenvalue weighted by atomic mass is 10.2. The average Bonchev–Trinajstić information content (AvgIpc) is 2.80. The SMILES string of the molecule is O=C(O)C1CCC(O)N1C(=O)OCc1ccc(Br)cc1. The Morgan fingerprint density at radius 1 is 1.30 bits per heavy atom. The van der Waals surface area contributed by atoms with Crippen LogP contribution in [0.15, 0.2) is 28.7 Å². The Morgan fingerprint density at radius 2 is 1.95 bits per heavy atom. The number of hydrogen-bond donors (Lipinski definition) is 2. The van der Waals surface area contributed by atoms with E-state index in [4.69, 9.17) is 9.84 Å². The highest BCUT2D eigenvalue weighted by atomic mass is 79.9. The molecule has 2 unspecified atom stereocenters. The molecule has 1 aliphatic rings. The molecular formula is C13H14BrNO5. The van der Waals surface area contributed by atoms with Crippen molar-refractivity contribution in [2.75, 3.05) is 0 Å². The van der Waals surface area contributed by atoms with E-state index in [9.17, 15) is 14.7 Å². The number of carbonyl (C=O) groups excluding carboxylic acids is 1. The minimum Gasteiger partial charge on any atom is -0.480 e. The molecule has 2 atom stereocenters. The van der Waals surface area contributed by atoms with Crippen LogP contribution in [0.3, 0.4) is 0 Å². The summed E-state index contributed by atoms with van der Waals surface area (Å²) in [6.07, 6.45) is -1.45. The van der Waals surface area contributed by atoms with Gasteiger partial charge in [-0.25, -0.2) is 9.59 Å². The summed E-state index contributed by atoms with van der Waals surface area (Å²) in [5, 5.41) is 18.7. The maximum Gasteiger partial charge on any atom is 0.412 e. The Balaban J connectivity index is 1.97. The molecule has 1 aromatic rings. The van der Waals surface area contributed by atoms with E-state index in [1.165, 1.54) is 0 Å². The van der Waals surface area contributed by atoms with Crippen molar-refractivity contribution in [2.45, 2.75) is 31.7 Å². The van der Waals surface area contributed by atoms with Gasteiger partial charge in [0.1, 0.15) is 18.9 Å². The van der Waals surface area contributed by atoms with Crippen molar-refractivity contribution in [3.05, 3.63) is 34.3 Å². The molecule has 0 radical (unpaired) electrons. The fourth-order valence-electron chi connectivity index (χ4n) is 2.08. The largest absolute Gasteiger partial charge is 0.480 e. The van der Waals surface area contributed by atoms with E-state index in [0.29, 0.717) is 0 Å². The molecule has 1 amide bonds. The molecular weight excluding hydrogens is 330 g/mol. The van der Waals surface area contributed by atoms with Crippen LogP contribution in [0.5, 0.6) is 0 Å². The van der Waals surface area contributed by atoms with Crippen molar-refractivity contribution in [1.82, 2.24) is 4.90 Å². The molecule has 2 rings (SSSR count). The number of likely N-dealkylation sites (tertiary alicyclic amines) is 1. The Labute approximate surface area is 124 Å². The standard InChI is InChI=1S/C13H14BrNO5/c14-9-3-1-8(2-4-9)7-20-13(19)15-10(12(17)18)5-6-11(15)16/h1-4,10-11,16H,5-7H2,(H,17,18). The summed E-state index contributed by atoms with van der Waals surface area (Å²) in [6.45, 7) is 0.0294. The smallest absolute Gasteiger partial charge is 0.412 e. The van der Waals surface area contributed by atoms with Crippen LogP contribution < -0.4 is 0 Å². The normalized spacial score (nSPS) is 21.8. The van der Waals surface area contributed by atoms with Gasteiger partial charge in [0.15, 0.2) is 0 Å². The van der Waals surface area contributed by atoms with Crippen LogP contribution in [0.1, 0.15) is 18.4 Å². The van der Waals surface area contributed by atoms with Crippen LogP contribution in [-0.4, -0.2) is 39.4 Å². The van der Waals surface area contributed by atoms with Gasteiger partial charge >= 0.3 is 12.1 Å². The third-order valence-corrected chi connectivity index (χ3v) is 3.66. The van der Waals surface area contributed by atoms with Crippen molar-refractivity contribution >= 4 is 28.0 Å². The zero-order valence-corrected chi connectivity index (χ0v) is 12.1. The fraction of sp³-hybridized carbons (Fsp3) is 0.385. The van der Waals surface area contributed by atoms with Gasteiger partial charge in [-0.05, 0) is 30.5 Å². The number of nitrogens with zero attached hydrogens (tertiary/aromatic N) is 1. The number of hydrogen-bond acceptors (Lipinski definition) is 4. The minimum atomic E-state index is -1.14. The quantitative estimate of drug-likeness (QED) is 0.875. The Hall–Kier alpha value is -1.60. The summed E-state index contributed by atoms with van der Waals surface area (Å²) in [4.78, 5) is 23.8. The lowest BCUT2D eigenvalue weighted by Gasteiger charge is -2.24. The Kier molecular flexibility index (Phi) is 4.61. The first-order valence-electron chi connectivity index (χ1n) is 6.09. The zero-order valence-electron chi connectivity index (χ0n) is 10.5. The molecule has 0 saturated carbocycles. The van der Waals surface area contributed by atoms with Crippen molar-refractivity contribution in [1.29, 1.82) is 0 Å². The Morgan fingerprint density at radius 3 is 2.55 bits per heavy atom. The molecule has 1 saturated heterocycles. The highest BCUT2D eigenvalue weighted by Crippen LogP contribution is 2.24. The van der Waals surface area contributed by atoms with Crippen molar-refractivity contribution in [2.24, 2.45) is 0 Å². The van der Waals surface area contributed by atoms with Gasteiger partial charge in [-0.1, -0.05) is 28.1 Å². The first-order chi connectivity index (χ1) is 9.49. The molecule has 2 N–H and O–H groups in total. The second kappa shape index (κ2) is 6.23. The maximum atomic E-state index is 11.9. The first kappa shape index (κ1) is 14.8. The van der Waals surface area contributed by atoms with Gasteiger partial charge in [-0.2, -0.15) is 0 Å². The van der Waals surface area contributed by atoms with E-state index >= 15 is 0 Å². The van der Waals surface area contributed by atoms with Crippen molar-refractivity contribution < 1.29 is 24.5 Å². The van der Waals surface area contributed by atoms with Crippen molar-refractivity contribution in [3.63, 3.8) is 0 Å². The van der Waals surface area contributed by atoms with Crippen LogP contribution in [-0.2, 0) is 16.1 Å². The number of aliphatic hydroxyl groups excluding tert-OH is 1. The fourth-order valence-corrected chi connectivity index (χ4v) is 2.35. The summed E-state index contributed by atoms with van der Waals surface area (Å²) >= 11 is 3.30. The summed E-state index contributed by atoms with van der Waals surface area (Å²) < 4.78 is 5.96. The molecule has 0 aromatic heterocycles. The van der Waals surface area contributed by atoms with Crippen LogP contribution in [0.25, 0.3) is 0 Å². The lowest BCUT2D eigenvalue weighted by molar-refractivity contribution is -0.143. The van der Waals surface area contributed by atoms with Gasteiger partial charge in [0.05, 0.1) is 0 Å². The number of aliphatic hydroxyl groups is 1. The van der Waals surface area contributed by atoms with Crippen molar-refractivity contribution in [3.8, 4) is 0 Å². The Bertz CT molecular complexity index is 504. The summed E-state index contributed by atoms with van der Waals surface area (Å²) in [7, 11) is 0. The van der Waals surface area contributed by atoms with E-state index in [1.54, 1.807) is 12.1 Å². The number of halogens is 1. The third-order valence-electron chi connectivity index (χ3n) is 3.13. The summed E-state index contributed by atoms with van der Waals surface area (Å²) in [5.74, 6) is -1.14. The number of carboxylic acids is 1. The summed E-state index contributed by atoms with van der Waals surface area (Å²) in [5.41, 5.74) is 0.780. The zero-order chi connectivity index (χ0) is 14.7. The predicted octanol–water partition coefficient (Wildman–Crippen LogP) is 1.95. The van der Waals surface area contributed by atoms with Gasteiger partial charge in [-0.3, -0.25) is 4.90 Å². The van der Waals surface area contributed by atoms with Gasteiger partial charge in [0.25, 0.3) is 0 Å². The molecule has 1 aliphatic heterocycles. The van der Waals surface area contributed by atoms with Gasteiger partial charge < -0.3 is 14.9 Å². The third kappa shape index (κ3) is 3.29. The number of aliphatic carboxylic acids is 1. The second-order valence-corrected chi connectivity index (χ2v) is 5.42. The van der Waals surface area contributed by atoms with Gasteiger partial charge in [-0.15, -0.1) is 0 Å². The van der Waals surface area contributed by atoms with Crippen LogP contribution in [0.4, 0.5) is 4.79 Å². The summed E-state index contributed by atoms with van der Waals surface area (Å²) in [6, 6.07) is 6.17. The molecule has 1 heterocycles. The minimum absolute atomic E-state index is 0.0294. The molecule has 108 valence electrons. The van der Waals surface area contributed by atoms with Crippen LogP contribution in [0, 0.1) is 0 Å². The maximum absolute atomic E-state index is 11.9. The molecule has 7 heteroatoms. The molecule has 0 aliphatic carbocycles. The van der Waals surface area contributed by atoms with Crippen LogP contribution >= 0.6 is 15.9 Å². The number of amides is 1. The monoisotopic (exact) mass is 343 g/mol.